The summed E-state index contributed by atoms with van der Waals surface area (Å²) in [5, 5.41) is 25.0. The van der Waals surface area contributed by atoms with E-state index >= 15 is 0 Å². The number of carbonyl (C=O) groups is 1. The van der Waals surface area contributed by atoms with E-state index in [1.54, 1.807) is 30.3 Å². The van der Waals surface area contributed by atoms with Crippen molar-refractivity contribution in [1.29, 1.82) is 0 Å². The molecule has 30 heavy (non-hydrogen) atoms. The molecule has 9 nitrogen and oxygen atoms in total. The molecule has 0 aliphatic heterocycles. The molecule has 0 aliphatic carbocycles. The number of nitrogens with zero attached hydrogens (tertiary/aromatic N) is 2. The minimum absolute atomic E-state index is 0.0764. The number of anilines is 1. The van der Waals surface area contributed by atoms with E-state index < -0.39 is 15.8 Å². The molecule has 3 rings (SSSR count). The molecule has 0 aliphatic rings. The van der Waals surface area contributed by atoms with Gasteiger partial charge >= 0.3 is 0 Å². The van der Waals surface area contributed by atoms with Gasteiger partial charge in [0.25, 0.3) is 17.3 Å². The molecule has 1 N–H and O–H groups in total. The Morgan fingerprint density at radius 1 is 0.933 bits per heavy atom. The van der Waals surface area contributed by atoms with Gasteiger partial charge in [0.2, 0.25) is 0 Å². The summed E-state index contributed by atoms with van der Waals surface area (Å²) in [5.74, 6) is -0.259. The van der Waals surface area contributed by atoms with Crippen LogP contribution in [0.5, 0.6) is 5.75 Å². The summed E-state index contributed by atoms with van der Waals surface area (Å²) in [6, 6.07) is 16.7. The van der Waals surface area contributed by atoms with Crippen LogP contribution in [0.3, 0.4) is 0 Å². The zero-order valence-electron chi connectivity index (χ0n) is 15.6. The Labute approximate surface area is 175 Å². The number of ether oxygens (including phenoxy) is 1. The molecule has 0 saturated carbocycles. The molecular weight excluding hydrogens is 410 g/mol. The van der Waals surface area contributed by atoms with E-state index in [0.717, 1.165) is 11.8 Å². The lowest BCUT2D eigenvalue weighted by molar-refractivity contribution is -0.385. The molecule has 0 spiro atoms. The van der Waals surface area contributed by atoms with Crippen LogP contribution in [0.15, 0.2) is 76.5 Å². The molecule has 1 amide bonds. The second-order valence-electron chi connectivity index (χ2n) is 5.91. The molecule has 10 heteroatoms. The van der Waals surface area contributed by atoms with Gasteiger partial charge in [-0.1, -0.05) is 30.0 Å². The average molecular weight is 425 g/mol. The van der Waals surface area contributed by atoms with E-state index in [-0.39, 0.29) is 16.9 Å². The van der Waals surface area contributed by atoms with Crippen LogP contribution >= 0.6 is 11.8 Å². The zero-order chi connectivity index (χ0) is 21.7. The fraction of sp³-hybridized carbons (Fsp3) is 0.0500. The molecule has 0 atom stereocenters. The molecule has 0 unspecified atom stereocenters. The lowest BCUT2D eigenvalue weighted by Gasteiger charge is -2.12. The van der Waals surface area contributed by atoms with Gasteiger partial charge in [0, 0.05) is 28.0 Å². The van der Waals surface area contributed by atoms with Gasteiger partial charge in [0.15, 0.2) is 0 Å². The third kappa shape index (κ3) is 4.55. The van der Waals surface area contributed by atoms with Gasteiger partial charge < -0.3 is 10.1 Å². The average Bonchev–Trinajstić information content (AvgIpc) is 2.74. The van der Waals surface area contributed by atoms with Crippen molar-refractivity contribution in [2.75, 3.05) is 12.4 Å². The van der Waals surface area contributed by atoms with Crippen LogP contribution in [-0.4, -0.2) is 22.9 Å². The summed E-state index contributed by atoms with van der Waals surface area (Å²) in [4.78, 5) is 35.1. The molecule has 3 aromatic rings. The van der Waals surface area contributed by atoms with Gasteiger partial charge in [-0.05, 0) is 30.3 Å². The number of rotatable bonds is 7. The minimum Gasteiger partial charge on any atom is -0.495 e. The van der Waals surface area contributed by atoms with Gasteiger partial charge in [-0.3, -0.25) is 25.0 Å². The summed E-state index contributed by atoms with van der Waals surface area (Å²) in [5.41, 5.74) is -0.173. The third-order valence-corrected chi connectivity index (χ3v) is 5.13. The second kappa shape index (κ2) is 9.05. The number of hydrogen-bond donors (Lipinski definition) is 1. The predicted octanol–water partition coefficient (Wildman–Crippen LogP) is 4.92. The van der Waals surface area contributed by atoms with Crippen molar-refractivity contribution in [2.45, 2.75) is 9.79 Å². The SMILES string of the molecule is COc1ccccc1NC(=O)c1c(Sc2ccc([N+](=O)[O-])cc2)cccc1[N+](=O)[O-]. The molecule has 0 saturated heterocycles. The van der Waals surface area contributed by atoms with E-state index in [4.69, 9.17) is 4.74 Å². The van der Waals surface area contributed by atoms with Crippen molar-refractivity contribution in [3.63, 3.8) is 0 Å². The maximum Gasteiger partial charge on any atom is 0.283 e. The van der Waals surface area contributed by atoms with Crippen LogP contribution in [0.1, 0.15) is 10.4 Å². The van der Waals surface area contributed by atoms with Gasteiger partial charge in [-0.15, -0.1) is 0 Å². The summed E-state index contributed by atoms with van der Waals surface area (Å²) < 4.78 is 5.21. The first-order valence-electron chi connectivity index (χ1n) is 8.54. The molecule has 0 aromatic heterocycles. The number of hydrogen-bond acceptors (Lipinski definition) is 7. The lowest BCUT2D eigenvalue weighted by Crippen LogP contribution is -2.15. The van der Waals surface area contributed by atoms with Gasteiger partial charge in [-0.2, -0.15) is 0 Å². The number of non-ortho nitro benzene ring substituents is 1. The van der Waals surface area contributed by atoms with E-state index in [1.807, 2.05) is 0 Å². The first-order valence-corrected chi connectivity index (χ1v) is 9.36. The van der Waals surface area contributed by atoms with Crippen molar-refractivity contribution >= 4 is 34.7 Å². The fourth-order valence-corrected chi connectivity index (χ4v) is 3.65. The lowest BCUT2D eigenvalue weighted by atomic mass is 10.1. The number of nitro benzene ring substituents is 2. The van der Waals surface area contributed by atoms with Crippen molar-refractivity contribution in [3.8, 4) is 5.75 Å². The number of benzene rings is 3. The van der Waals surface area contributed by atoms with Crippen LogP contribution in [0, 0.1) is 20.2 Å². The monoisotopic (exact) mass is 425 g/mol. The summed E-state index contributed by atoms with van der Waals surface area (Å²) in [6.07, 6.45) is 0. The standard InChI is InChI=1S/C20H15N3O6S/c1-29-17-7-3-2-5-15(17)21-20(24)19-16(23(27)28)6-4-8-18(19)30-14-11-9-13(10-12-14)22(25)26/h2-12H,1H3,(H,21,24). The van der Waals surface area contributed by atoms with Crippen LogP contribution in [0.25, 0.3) is 0 Å². The molecule has 0 radical (unpaired) electrons. The topological polar surface area (TPSA) is 125 Å². The Balaban J connectivity index is 1.98. The van der Waals surface area contributed by atoms with E-state index in [1.165, 1.54) is 43.5 Å². The van der Waals surface area contributed by atoms with Crippen LogP contribution in [-0.2, 0) is 0 Å². The third-order valence-electron chi connectivity index (χ3n) is 4.06. The first kappa shape index (κ1) is 20.8. The molecule has 0 bridgehead atoms. The summed E-state index contributed by atoms with van der Waals surface area (Å²) in [7, 11) is 1.45. The van der Waals surface area contributed by atoms with Gasteiger partial charge in [-0.25, -0.2) is 0 Å². The van der Waals surface area contributed by atoms with E-state index in [2.05, 4.69) is 5.32 Å². The van der Waals surface area contributed by atoms with Crippen molar-refractivity contribution in [2.24, 2.45) is 0 Å². The van der Waals surface area contributed by atoms with Gasteiger partial charge in [0.05, 0.1) is 22.6 Å². The number of nitro groups is 2. The Bertz CT molecular complexity index is 1120. The van der Waals surface area contributed by atoms with Crippen LogP contribution < -0.4 is 10.1 Å². The molecule has 3 aromatic carbocycles. The fourth-order valence-electron chi connectivity index (χ4n) is 2.68. The number of amides is 1. The Kier molecular flexibility index (Phi) is 6.28. The highest BCUT2D eigenvalue weighted by molar-refractivity contribution is 7.99. The molecule has 0 heterocycles. The van der Waals surface area contributed by atoms with E-state index in [9.17, 15) is 25.0 Å². The number of carbonyl (C=O) groups excluding carboxylic acids is 1. The normalized spacial score (nSPS) is 10.3. The molecule has 152 valence electrons. The van der Waals surface area contributed by atoms with E-state index in [0.29, 0.717) is 21.2 Å². The summed E-state index contributed by atoms with van der Waals surface area (Å²) >= 11 is 1.10. The minimum atomic E-state index is -0.670. The van der Waals surface area contributed by atoms with Gasteiger partial charge in [0.1, 0.15) is 11.3 Å². The highest BCUT2D eigenvalue weighted by atomic mass is 32.2. The predicted molar refractivity (Wildman–Crippen MR) is 111 cm³/mol. The maximum absolute atomic E-state index is 13.0. The largest absolute Gasteiger partial charge is 0.495 e. The molecule has 0 fully saturated rings. The van der Waals surface area contributed by atoms with Crippen molar-refractivity contribution in [3.05, 3.63) is 92.5 Å². The number of methoxy groups -OCH3 is 1. The van der Waals surface area contributed by atoms with Crippen molar-refractivity contribution in [1.82, 2.24) is 0 Å². The van der Waals surface area contributed by atoms with Crippen LogP contribution in [0.2, 0.25) is 0 Å². The smallest absolute Gasteiger partial charge is 0.283 e. The highest BCUT2D eigenvalue weighted by Crippen LogP contribution is 2.36. The number of para-hydroxylation sites is 2. The Morgan fingerprint density at radius 3 is 2.27 bits per heavy atom. The first-order chi connectivity index (χ1) is 14.4. The Hall–Kier alpha value is -3.92. The molecular formula is C20H15N3O6S. The Morgan fingerprint density at radius 2 is 1.63 bits per heavy atom. The maximum atomic E-state index is 13.0. The zero-order valence-corrected chi connectivity index (χ0v) is 16.4. The van der Waals surface area contributed by atoms with Crippen LogP contribution in [0.4, 0.5) is 17.1 Å². The summed E-state index contributed by atoms with van der Waals surface area (Å²) in [6.45, 7) is 0. The number of nitrogens with one attached hydrogen (secondary N) is 1. The highest BCUT2D eigenvalue weighted by Gasteiger charge is 2.25. The second-order valence-corrected chi connectivity index (χ2v) is 7.03. The quantitative estimate of drug-likeness (QED) is 0.421. The van der Waals surface area contributed by atoms with Crippen molar-refractivity contribution < 1.29 is 19.4 Å².